The van der Waals surface area contributed by atoms with Crippen LogP contribution in [0, 0.1) is 12.7 Å². The minimum absolute atomic E-state index is 0.271. The third-order valence-electron chi connectivity index (χ3n) is 6.03. The molecule has 5 nitrogen and oxygen atoms in total. The molecule has 0 spiro atoms. The van der Waals surface area contributed by atoms with E-state index in [0.29, 0.717) is 11.7 Å². The van der Waals surface area contributed by atoms with Crippen LogP contribution in [0.4, 0.5) is 20.8 Å². The zero-order valence-electron chi connectivity index (χ0n) is 18.3. The Morgan fingerprint density at radius 2 is 2.03 bits per heavy atom. The molecule has 32 heavy (non-hydrogen) atoms. The third kappa shape index (κ3) is 4.36. The number of anilines is 2. The second-order valence-corrected chi connectivity index (χ2v) is 9.56. The predicted molar refractivity (Wildman–Crippen MR) is 130 cm³/mol. The molecule has 2 aliphatic rings. The molecule has 2 aliphatic heterocycles. The van der Waals surface area contributed by atoms with Gasteiger partial charge in [0.15, 0.2) is 0 Å². The summed E-state index contributed by atoms with van der Waals surface area (Å²) in [5, 5.41) is 8.20. The standard InChI is InChI=1S/C25H27FN4OS/c1-16-13-21-24(28-23-14-18(26)6-10-22(23)29-25(21)32-16)30-12-11-27-19(15-30)7-3-17-4-8-20(31-2)9-5-17/h4-6,8-10,13-14,19,27,29H,3,7,11-12,15H2,1-2H3. The van der Waals surface area contributed by atoms with Gasteiger partial charge in [0.1, 0.15) is 22.4 Å². The van der Waals surface area contributed by atoms with Crippen molar-refractivity contribution in [2.75, 3.05) is 32.1 Å². The van der Waals surface area contributed by atoms with Crippen LogP contribution in [0.2, 0.25) is 0 Å². The van der Waals surface area contributed by atoms with E-state index in [2.05, 4.69) is 40.7 Å². The molecule has 166 valence electrons. The molecule has 0 bridgehead atoms. The largest absolute Gasteiger partial charge is 0.497 e. The van der Waals surface area contributed by atoms with E-state index in [-0.39, 0.29) is 5.82 Å². The summed E-state index contributed by atoms with van der Waals surface area (Å²) in [4.78, 5) is 8.53. The average molecular weight is 451 g/mol. The van der Waals surface area contributed by atoms with Crippen molar-refractivity contribution in [1.29, 1.82) is 0 Å². The minimum Gasteiger partial charge on any atom is -0.497 e. The Hall–Kier alpha value is -2.90. The number of aliphatic imine (C=N–C) groups is 1. The minimum atomic E-state index is -0.271. The molecule has 1 unspecified atom stereocenters. The lowest BCUT2D eigenvalue weighted by Crippen LogP contribution is -2.52. The molecule has 2 N–H and O–H groups in total. The van der Waals surface area contributed by atoms with Crippen molar-refractivity contribution in [3.8, 4) is 5.75 Å². The molecule has 2 aromatic carbocycles. The summed E-state index contributed by atoms with van der Waals surface area (Å²) in [7, 11) is 1.69. The van der Waals surface area contributed by atoms with Gasteiger partial charge in [0, 0.05) is 36.6 Å². The van der Waals surface area contributed by atoms with E-state index in [4.69, 9.17) is 9.73 Å². The van der Waals surface area contributed by atoms with Gasteiger partial charge in [-0.15, -0.1) is 11.3 Å². The van der Waals surface area contributed by atoms with E-state index < -0.39 is 0 Å². The van der Waals surface area contributed by atoms with Gasteiger partial charge < -0.3 is 20.3 Å². The number of nitrogens with one attached hydrogen (secondary N) is 2. The number of aryl methyl sites for hydroxylation is 2. The van der Waals surface area contributed by atoms with Crippen molar-refractivity contribution in [3.63, 3.8) is 0 Å². The van der Waals surface area contributed by atoms with Gasteiger partial charge in [0.25, 0.3) is 0 Å². The highest BCUT2D eigenvalue weighted by Gasteiger charge is 2.27. The highest BCUT2D eigenvalue weighted by molar-refractivity contribution is 7.16. The van der Waals surface area contributed by atoms with Gasteiger partial charge in [0.05, 0.1) is 24.0 Å². The maximum Gasteiger partial charge on any atom is 0.139 e. The van der Waals surface area contributed by atoms with Crippen LogP contribution in [0.1, 0.15) is 22.4 Å². The van der Waals surface area contributed by atoms with Crippen LogP contribution in [0.15, 0.2) is 53.5 Å². The van der Waals surface area contributed by atoms with Crippen LogP contribution in [0.5, 0.6) is 5.75 Å². The smallest absolute Gasteiger partial charge is 0.139 e. The summed E-state index contributed by atoms with van der Waals surface area (Å²) in [6.45, 7) is 4.75. The molecule has 7 heteroatoms. The van der Waals surface area contributed by atoms with Crippen molar-refractivity contribution in [3.05, 3.63) is 70.4 Å². The van der Waals surface area contributed by atoms with Crippen LogP contribution in [0.3, 0.4) is 0 Å². The Bertz CT molecular complexity index is 1140. The normalized spacial score (nSPS) is 17.7. The van der Waals surface area contributed by atoms with Gasteiger partial charge >= 0.3 is 0 Å². The number of hydrogen-bond donors (Lipinski definition) is 2. The molecule has 1 aromatic heterocycles. The number of piperazine rings is 1. The first kappa shape index (κ1) is 21.0. The van der Waals surface area contributed by atoms with Gasteiger partial charge in [-0.25, -0.2) is 9.38 Å². The van der Waals surface area contributed by atoms with Gasteiger partial charge in [-0.05, 0) is 55.7 Å². The maximum absolute atomic E-state index is 14.0. The number of amidine groups is 1. The van der Waals surface area contributed by atoms with Gasteiger partial charge in [-0.1, -0.05) is 12.1 Å². The number of halogens is 1. The number of ether oxygens (including phenoxy) is 1. The topological polar surface area (TPSA) is 48.9 Å². The lowest BCUT2D eigenvalue weighted by molar-refractivity contribution is 0.282. The molecular formula is C25H27FN4OS. The highest BCUT2D eigenvalue weighted by Crippen LogP contribution is 2.39. The highest BCUT2D eigenvalue weighted by atomic mass is 32.1. The number of methoxy groups -OCH3 is 1. The molecular weight excluding hydrogens is 423 g/mol. The van der Waals surface area contributed by atoms with E-state index >= 15 is 0 Å². The third-order valence-corrected chi connectivity index (χ3v) is 6.99. The number of thiophene rings is 1. The fourth-order valence-corrected chi connectivity index (χ4v) is 5.28. The SMILES string of the molecule is COc1ccc(CCC2CN(C3=Nc4cc(F)ccc4Nc4sc(C)cc43)CCN2)cc1. The van der Waals surface area contributed by atoms with Crippen molar-refractivity contribution in [2.24, 2.45) is 4.99 Å². The maximum atomic E-state index is 14.0. The summed E-state index contributed by atoms with van der Waals surface area (Å²) in [5.41, 5.74) is 3.89. The molecule has 3 heterocycles. The van der Waals surface area contributed by atoms with E-state index in [1.54, 1.807) is 24.5 Å². The van der Waals surface area contributed by atoms with Crippen LogP contribution in [0.25, 0.3) is 0 Å². The van der Waals surface area contributed by atoms with Crippen LogP contribution in [-0.2, 0) is 6.42 Å². The van der Waals surface area contributed by atoms with E-state index in [1.807, 2.05) is 12.1 Å². The summed E-state index contributed by atoms with van der Waals surface area (Å²) in [6, 6.07) is 15.6. The quantitative estimate of drug-likeness (QED) is 0.570. The molecule has 5 rings (SSSR count). The molecule has 1 saturated heterocycles. The Labute approximate surface area is 191 Å². The van der Waals surface area contributed by atoms with E-state index in [1.165, 1.54) is 22.6 Å². The van der Waals surface area contributed by atoms with E-state index in [0.717, 1.165) is 60.3 Å². The fourth-order valence-electron chi connectivity index (χ4n) is 4.36. The lowest BCUT2D eigenvalue weighted by Gasteiger charge is -2.36. The zero-order valence-corrected chi connectivity index (χ0v) is 19.1. The van der Waals surface area contributed by atoms with Gasteiger partial charge in [-0.3, -0.25) is 0 Å². The summed E-state index contributed by atoms with van der Waals surface area (Å²) in [6.07, 6.45) is 2.04. The van der Waals surface area contributed by atoms with Crippen LogP contribution < -0.4 is 15.4 Å². The van der Waals surface area contributed by atoms with Crippen molar-refractivity contribution in [1.82, 2.24) is 10.2 Å². The van der Waals surface area contributed by atoms with Crippen molar-refractivity contribution < 1.29 is 9.13 Å². The first-order valence-electron chi connectivity index (χ1n) is 11.0. The van der Waals surface area contributed by atoms with Gasteiger partial charge in [0.2, 0.25) is 0 Å². The molecule has 0 amide bonds. The van der Waals surface area contributed by atoms with E-state index in [9.17, 15) is 4.39 Å². The molecule has 0 aliphatic carbocycles. The Kier molecular flexibility index (Phi) is 5.85. The molecule has 0 radical (unpaired) electrons. The first-order valence-corrected chi connectivity index (χ1v) is 11.8. The Morgan fingerprint density at radius 3 is 2.84 bits per heavy atom. The predicted octanol–water partition coefficient (Wildman–Crippen LogP) is 5.25. The Balaban J connectivity index is 1.37. The fraction of sp³-hybridized carbons (Fsp3) is 0.320. The summed E-state index contributed by atoms with van der Waals surface area (Å²) in [5.74, 6) is 1.54. The molecule has 1 fully saturated rings. The molecule has 3 aromatic rings. The Morgan fingerprint density at radius 1 is 1.19 bits per heavy atom. The number of nitrogens with zero attached hydrogens (tertiary/aromatic N) is 2. The summed E-state index contributed by atoms with van der Waals surface area (Å²) >= 11 is 1.71. The average Bonchev–Trinajstić information content (AvgIpc) is 3.10. The lowest BCUT2D eigenvalue weighted by atomic mass is 10.0. The van der Waals surface area contributed by atoms with Crippen LogP contribution >= 0.6 is 11.3 Å². The monoisotopic (exact) mass is 450 g/mol. The molecule has 0 saturated carbocycles. The molecule has 1 atom stereocenters. The summed E-state index contributed by atoms with van der Waals surface area (Å²) < 4.78 is 19.2. The van der Waals surface area contributed by atoms with Crippen LogP contribution in [-0.4, -0.2) is 43.5 Å². The second kappa shape index (κ2) is 8.92. The number of rotatable bonds is 4. The second-order valence-electron chi connectivity index (χ2n) is 8.31. The van der Waals surface area contributed by atoms with Gasteiger partial charge in [-0.2, -0.15) is 0 Å². The first-order chi connectivity index (χ1) is 15.6. The zero-order chi connectivity index (χ0) is 22.1. The number of fused-ring (bicyclic) bond motifs is 2. The van der Waals surface area contributed by atoms with Crippen molar-refractivity contribution >= 4 is 33.5 Å². The van der Waals surface area contributed by atoms with Crippen molar-refractivity contribution in [2.45, 2.75) is 25.8 Å². The number of hydrogen-bond acceptors (Lipinski definition) is 6. The number of benzene rings is 2.